The van der Waals surface area contributed by atoms with Crippen LogP contribution >= 0.6 is 0 Å². The fourth-order valence-corrected chi connectivity index (χ4v) is 2.72. The average molecular weight is 265 g/mol. The van der Waals surface area contributed by atoms with Crippen LogP contribution in [0.4, 0.5) is 0 Å². The topological polar surface area (TPSA) is 49.9 Å². The lowest BCUT2D eigenvalue weighted by molar-refractivity contribution is -0.109. The summed E-state index contributed by atoms with van der Waals surface area (Å²) >= 11 is 0. The number of carbonyl (C=O) groups excluding carboxylic acids is 1. The first-order valence-electron chi connectivity index (χ1n) is 6.00. The fraction of sp³-hybridized carbons (Fsp3) is 0.357. The van der Waals surface area contributed by atoms with Gasteiger partial charge in [-0.15, -0.1) is 0 Å². The minimum Gasteiger partial charge on any atom is -0.360 e. The van der Waals surface area contributed by atoms with Crippen LogP contribution in [-0.2, 0) is 15.6 Å². The molecule has 2 aromatic rings. The molecule has 18 heavy (non-hydrogen) atoms. The molecule has 0 radical (unpaired) electrons. The fourth-order valence-electron chi connectivity index (χ4n) is 1.53. The highest BCUT2D eigenvalue weighted by atomic mass is 32.2. The molecule has 0 aliphatic carbocycles. The van der Waals surface area contributed by atoms with E-state index in [1.54, 1.807) is 20.0 Å². The summed E-state index contributed by atoms with van der Waals surface area (Å²) in [5.74, 6) is 0. The summed E-state index contributed by atoms with van der Waals surface area (Å²) in [6.07, 6.45) is 2.46. The van der Waals surface area contributed by atoms with Crippen molar-refractivity contribution in [2.24, 2.45) is 0 Å². The van der Waals surface area contributed by atoms with Crippen LogP contribution < -0.4 is 0 Å². The predicted octanol–water partition coefficient (Wildman–Crippen LogP) is 3.28. The third-order valence-electron chi connectivity index (χ3n) is 2.51. The van der Waals surface area contributed by atoms with Gasteiger partial charge < -0.3 is 9.78 Å². The summed E-state index contributed by atoms with van der Waals surface area (Å²) in [6, 6.07) is 7.63. The number of H-pyrrole nitrogens is 1. The van der Waals surface area contributed by atoms with E-state index in [0.717, 1.165) is 17.2 Å². The molecule has 98 valence electrons. The van der Waals surface area contributed by atoms with Gasteiger partial charge in [0, 0.05) is 17.1 Å². The molecule has 1 heterocycles. The van der Waals surface area contributed by atoms with Crippen molar-refractivity contribution in [2.75, 3.05) is 0 Å². The highest BCUT2D eigenvalue weighted by molar-refractivity contribution is 7.87. The van der Waals surface area contributed by atoms with Gasteiger partial charge in [0.15, 0.2) is 0 Å². The maximum absolute atomic E-state index is 12.2. The largest absolute Gasteiger partial charge is 0.360 e. The van der Waals surface area contributed by atoms with Gasteiger partial charge in [-0.05, 0) is 19.9 Å². The lowest BCUT2D eigenvalue weighted by Gasteiger charge is -2.15. The van der Waals surface area contributed by atoms with Crippen molar-refractivity contribution in [3.8, 4) is 0 Å². The van der Waals surface area contributed by atoms with Gasteiger partial charge in [0.2, 0.25) is 0 Å². The lowest BCUT2D eigenvalue weighted by Crippen LogP contribution is -2.28. The van der Waals surface area contributed by atoms with Crippen LogP contribution in [0.25, 0.3) is 10.9 Å². The van der Waals surface area contributed by atoms with Crippen molar-refractivity contribution in [3.05, 3.63) is 30.5 Å². The van der Waals surface area contributed by atoms with Gasteiger partial charge in [0.25, 0.3) is 0 Å². The second-order valence-electron chi connectivity index (χ2n) is 4.19. The average Bonchev–Trinajstić information content (AvgIpc) is 2.84. The van der Waals surface area contributed by atoms with Crippen molar-refractivity contribution >= 4 is 28.0 Å². The number of aldehydes is 1. The second kappa shape index (κ2) is 5.96. The Balaban J connectivity index is 0.000000771. The molecular weight excluding hydrogens is 246 g/mol. The normalized spacial score (nSPS) is 12.7. The first kappa shape index (κ1) is 14.6. The van der Waals surface area contributed by atoms with Crippen LogP contribution in [0.3, 0.4) is 0 Å². The highest BCUT2D eigenvalue weighted by Crippen LogP contribution is 2.26. The molecule has 0 aliphatic rings. The first-order chi connectivity index (χ1) is 8.56. The van der Waals surface area contributed by atoms with Crippen LogP contribution in [0.15, 0.2) is 35.4 Å². The molecule has 4 heteroatoms. The molecule has 0 aliphatic heterocycles. The van der Waals surface area contributed by atoms with E-state index in [0.29, 0.717) is 4.90 Å². The van der Waals surface area contributed by atoms with E-state index >= 15 is 0 Å². The van der Waals surface area contributed by atoms with E-state index in [2.05, 4.69) is 4.98 Å². The number of hydrogen-bond acceptors (Lipinski definition) is 2. The zero-order valence-electron chi connectivity index (χ0n) is 11.2. The Labute approximate surface area is 110 Å². The number of benzene rings is 1. The monoisotopic (exact) mass is 265 g/mol. The SMILES string of the molecule is CC.CC(C)(C=O)S(=O)c1c[nH]c2ccccc12. The summed E-state index contributed by atoms with van der Waals surface area (Å²) in [6.45, 7) is 7.36. The van der Waals surface area contributed by atoms with Crippen LogP contribution in [0, 0.1) is 0 Å². The van der Waals surface area contributed by atoms with E-state index in [-0.39, 0.29) is 0 Å². The summed E-state index contributed by atoms with van der Waals surface area (Å²) in [5.41, 5.74) is 0.938. The van der Waals surface area contributed by atoms with Crippen molar-refractivity contribution < 1.29 is 9.00 Å². The molecule has 1 N–H and O–H groups in total. The van der Waals surface area contributed by atoms with E-state index < -0.39 is 15.5 Å². The first-order valence-corrected chi connectivity index (χ1v) is 7.15. The van der Waals surface area contributed by atoms with Crippen molar-refractivity contribution in [1.29, 1.82) is 0 Å². The standard InChI is InChI=1S/C12H13NO2S.C2H6/c1-12(2,8-14)16(15)11-7-13-10-6-4-3-5-9(10)11;1-2/h3-8,13H,1-2H3;1-2H3. The Kier molecular flexibility index (Phi) is 4.84. The maximum atomic E-state index is 12.2. The Morgan fingerprint density at radius 3 is 2.44 bits per heavy atom. The quantitative estimate of drug-likeness (QED) is 0.866. The summed E-state index contributed by atoms with van der Waals surface area (Å²) in [4.78, 5) is 14.6. The number of nitrogens with one attached hydrogen (secondary N) is 1. The van der Waals surface area contributed by atoms with E-state index in [1.165, 1.54) is 0 Å². The zero-order chi connectivity index (χ0) is 13.8. The molecule has 3 nitrogen and oxygen atoms in total. The Bertz CT molecular complexity index is 558. The smallest absolute Gasteiger partial charge is 0.138 e. The lowest BCUT2D eigenvalue weighted by atomic mass is 10.2. The highest BCUT2D eigenvalue weighted by Gasteiger charge is 2.28. The molecule has 0 bridgehead atoms. The minimum absolute atomic E-state index is 0.688. The summed E-state index contributed by atoms with van der Waals surface area (Å²) in [7, 11) is -1.34. The predicted molar refractivity (Wildman–Crippen MR) is 76.2 cm³/mol. The van der Waals surface area contributed by atoms with Gasteiger partial charge in [-0.2, -0.15) is 0 Å². The molecule has 0 saturated heterocycles. The molecule has 1 unspecified atom stereocenters. The van der Waals surface area contributed by atoms with Crippen molar-refractivity contribution in [2.45, 2.75) is 37.3 Å². The Morgan fingerprint density at radius 2 is 1.83 bits per heavy atom. The van der Waals surface area contributed by atoms with Gasteiger partial charge in [-0.1, -0.05) is 32.0 Å². The third-order valence-corrected chi connectivity index (χ3v) is 4.30. The number of carbonyl (C=O) groups is 1. The molecule has 0 spiro atoms. The minimum atomic E-state index is -1.34. The van der Waals surface area contributed by atoms with Crippen LogP contribution in [-0.4, -0.2) is 20.2 Å². The molecule has 1 aromatic heterocycles. The number of fused-ring (bicyclic) bond motifs is 1. The van der Waals surface area contributed by atoms with Gasteiger partial charge in [-0.25, -0.2) is 0 Å². The third kappa shape index (κ3) is 2.70. The molecular formula is C14H19NO2S. The molecule has 1 atom stereocenters. The number of rotatable bonds is 3. The van der Waals surface area contributed by atoms with Crippen LogP contribution in [0.2, 0.25) is 0 Å². The van der Waals surface area contributed by atoms with Gasteiger partial charge in [0.05, 0.1) is 15.7 Å². The van der Waals surface area contributed by atoms with Gasteiger partial charge in [0.1, 0.15) is 11.0 Å². The Morgan fingerprint density at radius 1 is 1.22 bits per heavy atom. The van der Waals surface area contributed by atoms with Gasteiger partial charge in [-0.3, -0.25) is 4.21 Å². The zero-order valence-corrected chi connectivity index (χ0v) is 12.0. The maximum Gasteiger partial charge on any atom is 0.138 e. The van der Waals surface area contributed by atoms with Crippen LogP contribution in [0.5, 0.6) is 0 Å². The summed E-state index contributed by atoms with van der Waals surface area (Å²) < 4.78 is 11.4. The van der Waals surface area contributed by atoms with E-state index in [4.69, 9.17) is 0 Å². The molecule has 1 aromatic carbocycles. The molecule has 0 amide bonds. The molecule has 2 rings (SSSR count). The Hall–Kier alpha value is -1.42. The van der Waals surface area contributed by atoms with Gasteiger partial charge >= 0.3 is 0 Å². The molecule has 0 saturated carbocycles. The van der Waals surface area contributed by atoms with E-state index in [9.17, 15) is 9.00 Å². The number of para-hydroxylation sites is 1. The van der Waals surface area contributed by atoms with Crippen molar-refractivity contribution in [3.63, 3.8) is 0 Å². The van der Waals surface area contributed by atoms with Crippen LogP contribution in [0.1, 0.15) is 27.7 Å². The number of aromatic amines is 1. The summed E-state index contributed by atoms with van der Waals surface area (Å²) in [5, 5.41) is 0.913. The second-order valence-corrected chi connectivity index (χ2v) is 6.22. The number of aromatic nitrogens is 1. The van der Waals surface area contributed by atoms with E-state index in [1.807, 2.05) is 38.1 Å². The van der Waals surface area contributed by atoms with Crippen molar-refractivity contribution in [1.82, 2.24) is 4.98 Å². The molecule has 0 fully saturated rings. The number of hydrogen-bond donors (Lipinski definition) is 1.